The molecule has 1 saturated carbocycles. The molecule has 0 saturated heterocycles. The van der Waals surface area contributed by atoms with Crippen LogP contribution in [0.5, 0.6) is 0 Å². The SMILES string of the molecule is CN=C(Cc1ccc(C)cc1)SC(=N)C1CC[C@H](Nc2ncnc3[nH]ncc23)C1. The van der Waals surface area contributed by atoms with Gasteiger partial charge in [0.1, 0.15) is 12.1 Å². The van der Waals surface area contributed by atoms with Crippen LogP contribution in [0.1, 0.15) is 30.4 Å². The minimum Gasteiger partial charge on any atom is -0.367 e. The standard InChI is InChI=1S/C21H25N7S/c1-13-3-5-14(6-4-13)9-18(23-2)29-19(22)15-7-8-16(10-15)27-20-17-11-26-28-21(17)25-12-24-20/h3-6,11-12,15-16,22H,7-10H2,1-2H3,(H2,24,25,26,27,28)/t15?,16-/m0/s1. The van der Waals surface area contributed by atoms with Crippen LogP contribution in [0.25, 0.3) is 11.0 Å². The van der Waals surface area contributed by atoms with Gasteiger partial charge in [0.25, 0.3) is 0 Å². The lowest BCUT2D eigenvalue weighted by Crippen LogP contribution is -2.18. The van der Waals surface area contributed by atoms with E-state index in [1.807, 2.05) is 7.05 Å². The lowest BCUT2D eigenvalue weighted by Gasteiger charge is -2.15. The van der Waals surface area contributed by atoms with Gasteiger partial charge in [0.05, 0.1) is 21.7 Å². The highest BCUT2D eigenvalue weighted by Gasteiger charge is 2.29. The molecule has 1 aliphatic carbocycles. The zero-order valence-corrected chi connectivity index (χ0v) is 17.5. The number of anilines is 1. The fraction of sp³-hybridized carbons (Fsp3) is 0.381. The number of aliphatic imine (C=N–C) groups is 1. The van der Waals surface area contributed by atoms with Crippen LogP contribution in [-0.2, 0) is 6.42 Å². The Morgan fingerprint density at radius 1 is 1.28 bits per heavy atom. The van der Waals surface area contributed by atoms with Crippen molar-refractivity contribution >= 4 is 38.7 Å². The van der Waals surface area contributed by atoms with Crippen LogP contribution < -0.4 is 5.32 Å². The van der Waals surface area contributed by atoms with Gasteiger partial charge in [-0.25, -0.2) is 9.97 Å². The molecule has 0 spiro atoms. The monoisotopic (exact) mass is 407 g/mol. The highest BCUT2D eigenvalue weighted by atomic mass is 32.2. The molecule has 29 heavy (non-hydrogen) atoms. The van der Waals surface area contributed by atoms with Gasteiger partial charge in [0, 0.05) is 25.4 Å². The van der Waals surface area contributed by atoms with Gasteiger partial charge >= 0.3 is 0 Å². The molecule has 1 fully saturated rings. The van der Waals surface area contributed by atoms with Gasteiger partial charge in [0.2, 0.25) is 0 Å². The third-order valence-electron chi connectivity index (χ3n) is 5.35. The van der Waals surface area contributed by atoms with E-state index in [-0.39, 0.29) is 5.92 Å². The van der Waals surface area contributed by atoms with E-state index < -0.39 is 0 Å². The Hall–Kier alpha value is -2.74. The summed E-state index contributed by atoms with van der Waals surface area (Å²) in [6, 6.07) is 8.82. The molecule has 3 N–H and O–H groups in total. The highest BCUT2D eigenvalue weighted by molar-refractivity contribution is 8.26. The van der Waals surface area contributed by atoms with Gasteiger partial charge < -0.3 is 5.32 Å². The Morgan fingerprint density at radius 3 is 2.90 bits per heavy atom. The molecule has 7 nitrogen and oxygen atoms in total. The number of hydrogen-bond acceptors (Lipinski definition) is 7. The maximum atomic E-state index is 8.61. The number of fused-ring (bicyclic) bond motifs is 1. The maximum absolute atomic E-state index is 8.61. The molecular weight excluding hydrogens is 382 g/mol. The molecule has 0 bridgehead atoms. The lowest BCUT2D eigenvalue weighted by molar-refractivity contribution is 0.709. The van der Waals surface area contributed by atoms with Gasteiger partial charge in [-0.1, -0.05) is 41.6 Å². The normalized spacial score (nSPS) is 19.6. The van der Waals surface area contributed by atoms with Crippen molar-refractivity contribution in [3.05, 3.63) is 47.9 Å². The summed E-state index contributed by atoms with van der Waals surface area (Å²) in [6.45, 7) is 2.09. The van der Waals surface area contributed by atoms with E-state index in [1.165, 1.54) is 22.9 Å². The number of H-pyrrole nitrogens is 1. The van der Waals surface area contributed by atoms with Crippen molar-refractivity contribution in [3.8, 4) is 0 Å². The van der Waals surface area contributed by atoms with Crippen LogP contribution in [0.4, 0.5) is 5.82 Å². The summed E-state index contributed by atoms with van der Waals surface area (Å²) in [5.41, 5.74) is 3.22. The average Bonchev–Trinajstić information content (AvgIpc) is 3.39. The van der Waals surface area contributed by atoms with E-state index in [0.29, 0.717) is 11.1 Å². The van der Waals surface area contributed by atoms with Crippen molar-refractivity contribution in [3.63, 3.8) is 0 Å². The maximum Gasteiger partial charge on any atom is 0.160 e. The Labute approximate surface area is 174 Å². The van der Waals surface area contributed by atoms with Gasteiger partial charge in [-0.05, 0) is 31.7 Å². The number of aromatic amines is 1. The van der Waals surface area contributed by atoms with Gasteiger partial charge in [0.15, 0.2) is 5.65 Å². The second-order valence-corrected chi connectivity index (χ2v) is 8.57. The molecule has 2 heterocycles. The van der Waals surface area contributed by atoms with Crippen molar-refractivity contribution in [2.45, 2.75) is 38.6 Å². The van der Waals surface area contributed by atoms with Crippen LogP contribution >= 0.6 is 11.8 Å². The van der Waals surface area contributed by atoms with E-state index in [2.05, 4.69) is 61.7 Å². The molecule has 8 heteroatoms. The van der Waals surface area contributed by atoms with E-state index >= 15 is 0 Å². The van der Waals surface area contributed by atoms with E-state index in [9.17, 15) is 0 Å². The second kappa shape index (κ2) is 8.73. The fourth-order valence-corrected chi connectivity index (χ4v) is 4.64. The zero-order valence-electron chi connectivity index (χ0n) is 16.6. The number of nitrogens with zero attached hydrogens (tertiary/aromatic N) is 4. The van der Waals surface area contributed by atoms with Crippen LogP contribution in [0.3, 0.4) is 0 Å². The molecule has 2 atom stereocenters. The molecule has 1 aliphatic rings. The van der Waals surface area contributed by atoms with Crippen molar-refractivity contribution in [1.82, 2.24) is 20.2 Å². The Morgan fingerprint density at radius 2 is 2.10 bits per heavy atom. The minimum absolute atomic E-state index is 0.258. The topological polar surface area (TPSA) is 103 Å². The number of aromatic nitrogens is 4. The van der Waals surface area contributed by atoms with E-state index in [4.69, 9.17) is 5.41 Å². The summed E-state index contributed by atoms with van der Waals surface area (Å²) >= 11 is 1.52. The third kappa shape index (κ3) is 4.64. The molecular formula is C21H25N7S. The van der Waals surface area contributed by atoms with Gasteiger partial charge in [-0.2, -0.15) is 5.10 Å². The van der Waals surface area contributed by atoms with Crippen LogP contribution in [0.15, 0.2) is 41.8 Å². The first-order valence-electron chi connectivity index (χ1n) is 9.80. The number of rotatable bonds is 5. The van der Waals surface area contributed by atoms with Crippen molar-refractivity contribution in [1.29, 1.82) is 5.41 Å². The predicted octanol–water partition coefficient (Wildman–Crippen LogP) is 4.22. The third-order valence-corrected chi connectivity index (χ3v) is 6.46. The molecule has 0 radical (unpaired) electrons. The van der Waals surface area contributed by atoms with Crippen molar-refractivity contribution in [2.75, 3.05) is 12.4 Å². The largest absolute Gasteiger partial charge is 0.367 e. The molecule has 0 aliphatic heterocycles. The summed E-state index contributed by atoms with van der Waals surface area (Å²) in [5.74, 6) is 1.07. The number of benzene rings is 1. The fourth-order valence-electron chi connectivity index (χ4n) is 3.68. The molecule has 150 valence electrons. The first-order valence-corrected chi connectivity index (χ1v) is 10.6. The Bertz CT molecular complexity index is 1020. The van der Waals surface area contributed by atoms with Gasteiger partial charge in [-0.15, -0.1) is 0 Å². The number of hydrogen-bond donors (Lipinski definition) is 3. The van der Waals surface area contributed by atoms with Crippen LogP contribution in [0.2, 0.25) is 0 Å². The second-order valence-electron chi connectivity index (χ2n) is 7.45. The molecule has 0 amide bonds. The molecule has 4 rings (SSSR count). The summed E-state index contributed by atoms with van der Waals surface area (Å²) in [7, 11) is 1.81. The lowest BCUT2D eigenvalue weighted by atomic mass is 10.1. The summed E-state index contributed by atoms with van der Waals surface area (Å²) in [6.07, 6.45) is 7.02. The highest BCUT2D eigenvalue weighted by Crippen LogP contribution is 2.33. The number of nitrogens with one attached hydrogen (secondary N) is 3. The smallest absolute Gasteiger partial charge is 0.160 e. The quantitative estimate of drug-likeness (QED) is 0.434. The summed E-state index contributed by atoms with van der Waals surface area (Å²) in [4.78, 5) is 13.0. The van der Waals surface area contributed by atoms with E-state index in [0.717, 1.165) is 47.6 Å². The van der Waals surface area contributed by atoms with Crippen LogP contribution in [-0.4, -0.2) is 43.3 Å². The van der Waals surface area contributed by atoms with Gasteiger partial charge in [-0.3, -0.25) is 15.5 Å². The predicted molar refractivity (Wildman–Crippen MR) is 120 cm³/mol. The average molecular weight is 408 g/mol. The van der Waals surface area contributed by atoms with Crippen LogP contribution in [0, 0.1) is 18.3 Å². The number of thioether (sulfide) groups is 1. The minimum atomic E-state index is 0.258. The molecule has 2 aromatic heterocycles. The van der Waals surface area contributed by atoms with E-state index in [1.54, 1.807) is 12.5 Å². The Balaban J connectivity index is 1.34. The molecule has 1 aromatic carbocycles. The first-order chi connectivity index (χ1) is 14.1. The first kappa shape index (κ1) is 19.6. The summed E-state index contributed by atoms with van der Waals surface area (Å²) < 4.78 is 0. The number of aryl methyl sites for hydroxylation is 1. The Kier molecular flexibility index (Phi) is 5.89. The van der Waals surface area contributed by atoms with Crippen molar-refractivity contribution in [2.24, 2.45) is 10.9 Å². The molecule has 1 unspecified atom stereocenters. The molecule has 3 aromatic rings. The summed E-state index contributed by atoms with van der Waals surface area (Å²) in [5, 5.41) is 21.6. The van der Waals surface area contributed by atoms with Crippen molar-refractivity contribution < 1.29 is 0 Å². The zero-order chi connectivity index (χ0) is 20.2.